The molecule has 3 aromatic rings. The van der Waals surface area contributed by atoms with Crippen molar-refractivity contribution in [1.82, 2.24) is 4.57 Å². The molecule has 0 saturated carbocycles. The fraction of sp³-hybridized carbons (Fsp3) is 0.118. The van der Waals surface area contributed by atoms with Crippen molar-refractivity contribution in [2.45, 2.75) is 12.7 Å². The molecular weight excluding hydrogens is 291 g/mol. The zero-order valence-corrected chi connectivity index (χ0v) is 11.5. The molecule has 1 aromatic heterocycles. The van der Waals surface area contributed by atoms with E-state index < -0.39 is 11.7 Å². The van der Waals surface area contributed by atoms with E-state index in [2.05, 4.69) is 0 Å². The van der Waals surface area contributed by atoms with E-state index in [1.165, 1.54) is 12.1 Å². The van der Waals surface area contributed by atoms with Gasteiger partial charge in [-0.25, -0.2) is 0 Å². The van der Waals surface area contributed by atoms with E-state index >= 15 is 0 Å². The summed E-state index contributed by atoms with van der Waals surface area (Å²) in [5, 5.41) is 0.927. The van der Waals surface area contributed by atoms with Gasteiger partial charge in [-0.1, -0.05) is 30.3 Å². The third-order valence-electron chi connectivity index (χ3n) is 3.59. The molecule has 2 nitrogen and oxygen atoms in total. The quantitative estimate of drug-likeness (QED) is 0.652. The maximum atomic E-state index is 12.6. The van der Waals surface area contributed by atoms with Crippen LogP contribution in [0.3, 0.4) is 0 Å². The van der Waals surface area contributed by atoms with E-state index in [4.69, 9.17) is 0 Å². The largest absolute Gasteiger partial charge is 0.416 e. The van der Waals surface area contributed by atoms with Crippen molar-refractivity contribution in [3.63, 3.8) is 0 Å². The molecule has 112 valence electrons. The second kappa shape index (κ2) is 5.33. The first-order valence-corrected chi connectivity index (χ1v) is 6.68. The fourth-order valence-electron chi connectivity index (χ4n) is 2.49. The van der Waals surface area contributed by atoms with Gasteiger partial charge >= 0.3 is 6.18 Å². The van der Waals surface area contributed by atoms with Gasteiger partial charge in [0, 0.05) is 17.4 Å². The molecule has 22 heavy (non-hydrogen) atoms. The summed E-state index contributed by atoms with van der Waals surface area (Å²) in [6.07, 6.45) is -3.59. The van der Waals surface area contributed by atoms with Crippen molar-refractivity contribution in [3.05, 3.63) is 71.4 Å². The van der Waals surface area contributed by atoms with Crippen LogP contribution in [-0.2, 0) is 12.7 Å². The molecule has 0 bridgehead atoms. The minimum absolute atomic E-state index is 0.347. The summed E-state index contributed by atoms with van der Waals surface area (Å²) in [6, 6.07) is 14.3. The third kappa shape index (κ3) is 2.62. The SMILES string of the molecule is O=Cc1cc2ccccc2n1Cc1ccc(C(F)(F)F)cc1. The molecule has 0 aliphatic carbocycles. The number of aromatic nitrogens is 1. The first kappa shape index (κ1) is 14.4. The van der Waals surface area contributed by atoms with Gasteiger partial charge in [-0.3, -0.25) is 4.79 Å². The van der Waals surface area contributed by atoms with Gasteiger partial charge < -0.3 is 4.57 Å². The van der Waals surface area contributed by atoms with E-state index in [9.17, 15) is 18.0 Å². The second-order valence-corrected chi connectivity index (χ2v) is 5.03. The maximum Gasteiger partial charge on any atom is 0.416 e. The molecule has 0 radical (unpaired) electrons. The molecular formula is C17H12F3NO. The van der Waals surface area contributed by atoms with Gasteiger partial charge in [0.05, 0.1) is 11.3 Å². The molecule has 0 aliphatic heterocycles. The zero-order chi connectivity index (χ0) is 15.7. The highest BCUT2D eigenvalue weighted by molar-refractivity contribution is 5.89. The summed E-state index contributed by atoms with van der Waals surface area (Å²) in [5.41, 5.74) is 1.41. The van der Waals surface area contributed by atoms with E-state index in [0.717, 1.165) is 29.3 Å². The topological polar surface area (TPSA) is 22.0 Å². The molecule has 0 N–H and O–H groups in total. The van der Waals surface area contributed by atoms with Crippen molar-refractivity contribution in [1.29, 1.82) is 0 Å². The second-order valence-electron chi connectivity index (χ2n) is 5.03. The molecule has 1 heterocycles. The number of rotatable bonds is 3. The fourth-order valence-corrected chi connectivity index (χ4v) is 2.49. The molecule has 3 rings (SSSR count). The number of aldehydes is 1. The summed E-state index contributed by atoms with van der Waals surface area (Å²) in [4.78, 5) is 11.2. The Morgan fingerprint density at radius 2 is 1.68 bits per heavy atom. The Bertz CT molecular complexity index is 816. The first-order chi connectivity index (χ1) is 10.5. The van der Waals surface area contributed by atoms with Crippen LogP contribution in [0.5, 0.6) is 0 Å². The molecule has 0 atom stereocenters. The Morgan fingerprint density at radius 1 is 1.00 bits per heavy atom. The number of carbonyl (C=O) groups is 1. The van der Waals surface area contributed by atoms with Gasteiger partial charge in [0.25, 0.3) is 0 Å². The van der Waals surface area contributed by atoms with Gasteiger partial charge in [0.15, 0.2) is 6.29 Å². The van der Waals surface area contributed by atoms with Gasteiger partial charge in [-0.05, 0) is 29.8 Å². The van der Waals surface area contributed by atoms with E-state index in [1.807, 2.05) is 24.3 Å². The standard InChI is InChI=1S/C17H12F3NO/c18-17(19,20)14-7-5-12(6-8-14)10-21-15(11-22)9-13-3-1-2-4-16(13)21/h1-9,11H,10H2. The number of hydrogen-bond donors (Lipinski definition) is 0. The van der Waals surface area contributed by atoms with Crippen LogP contribution in [0.1, 0.15) is 21.6 Å². The average Bonchev–Trinajstić information content (AvgIpc) is 2.85. The van der Waals surface area contributed by atoms with Crippen molar-refractivity contribution in [2.75, 3.05) is 0 Å². The van der Waals surface area contributed by atoms with E-state index in [-0.39, 0.29) is 0 Å². The Kier molecular flexibility index (Phi) is 3.48. The number of hydrogen-bond acceptors (Lipinski definition) is 1. The number of halogens is 3. The zero-order valence-electron chi connectivity index (χ0n) is 11.5. The highest BCUT2D eigenvalue weighted by Crippen LogP contribution is 2.29. The predicted molar refractivity (Wildman–Crippen MR) is 77.9 cm³/mol. The van der Waals surface area contributed by atoms with Crippen LogP contribution in [0.4, 0.5) is 13.2 Å². The molecule has 0 spiro atoms. The lowest BCUT2D eigenvalue weighted by Crippen LogP contribution is -2.06. The molecule has 0 amide bonds. The van der Waals surface area contributed by atoms with Crippen LogP contribution < -0.4 is 0 Å². The molecule has 0 unspecified atom stereocenters. The molecule has 2 aromatic carbocycles. The van der Waals surface area contributed by atoms with E-state index in [1.54, 1.807) is 10.6 Å². The van der Waals surface area contributed by atoms with Gasteiger partial charge in [-0.2, -0.15) is 13.2 Å². The number of benzene rings is 2. The van der Waals surface area contributed by atoms with Crippen molar-refractivity contribution >= 4 is 17.2 Å². The van der Waals surface area contributed by atoms with Gasteiger partial charge in [0.1, 0.15) is 0 Å². The lowest BCUT2D eigenvalue weighted by atomic mass is 10.1. The van der Waals surface area contributed by atoms with E-state index in [0.29, 0.717) is 17.8 Å². The Balaban J connectivity index is 1.98. The lowest BCUT2D eigenvalue weighted by Gasteiger charge is -2.10. The van der Waals surface area contributed by atoms with Crippen LogP contribution >= 0.6 is 0 Å². The Hall–Kier alpha value is -2.56. The van der Waals surface area contributed by atoms with Crippen molar-refractivity contribution < 1.29 is 18.0 Å². The molecule has 0 aliphatic rings. The maximum absolute atomic E-state index is 12.6. The van der Waals surface area contributed by atoms with Crippen LogP contribution in [0.25, 0.3) is 10.9 Å². The van der Waals surface area contributed by atoms with Crippen LogP contribution in [0, 0.1) is 0 Å². The minimum Gasteiger partial charge on any atom is -0.334 e. The van der Waals surface area contributed by atoms with Crippen LogP contribution in [0.2, 0.25) is 0 Å². The monoisotopic (exact) mass is 303 g/mol. The van der Waals surface area contributed by atoms with Crippen molar-refractivity contribution in [3.8, 4) is 0 Å². The summed E-state index contributed by atoms with van der Waals surface area (Å²) < 4.78 is 39.5. The summed E-state index contributed by atoms with van der Waals surface area (Å²) in [6.45, 7) is 0.347. The average molecular weight is 303 g/mol. The number of carbonyl (C=O) groups excluding carboxylic acids is 1. The summed E-state index contributed by atoms with van der Waals surface area (Å²) >= 11 is 0. The smallest absolute Gasteiger partial charge is 0.334 e. The number of fused-ring (bicyclic) bond motifs is 1. The van der Waals surface area contributed by atoms with Gasteiger partial charge in [0.2, 0.25) is 0 Å². The van der Waals surface area contributed by atoms with Gasteiger partial charge in [-0.15, -0.1) is 0 Å². The third-order valence-corrected chi connectivity index (χ3v) is 3.59. The number of alkyl halides is 3. The number of nitrogens with zero attached hydrogens (tertiary/aromatic N) is 1. The van der Waals surface area contributed by atoms with Crippen molar-refractivity contribution in [2.24, 2.45) is 0 Å². The Morgan fingerprint density at radius 3 is 2.32 bits per heavy atom. The summed E-state index contributed by atoms with van der Waals surface area (Å²) in [5.74, 6) is 0. The number of para-hydroxylation sites is 1. The molecule has 5 heteroatoms. The molecule has 0 saturated heterocycles. The first-order valence-electron chi connectivity index (χ1n) is 6.68. The van der Waals surface area contributed by atoms with Crippen LogP contribution in [-0.4, -0.2) is 10.9 Å². The highest BCUT2D eigenvalue weighted by Gasteiger charge is 2.29. The Labute approximate surface area is 124 Å². The summed E-state index contributed by atoms with van der Waals surface area (Å²) in [7, 11) is 0. The van der Waals surface area contributed by atoms with Crippen LogP contribution in [0.15, 0.2) is 54.6 Å². The lowest BCUT2D eigenvalue weighted by molar-refractivity contribution is -0.137. The highest BCUT2D eigenvalue weighted by atomic mass is 19.4. The predicted octanol–water partition coefficient (Wildman–Crippen LogP) is 4.52. The molecule has 0 fully saturated rings. The normalized spacial score (nSPS) is 11.8. The minimum atomic E-state index is -4.34.